The van der Waals surface area contributed by atoms with E-state index in [0.29, 0.717) is 22.2 Å². The van der Waals surface area contributed by atoms with Crippen LogP contribution in [-0.2, 0) is 6.54 Å². The molecule has 0 unspecified atom stereocenters. The van der Waals surface area contributed by atoms with Crippen LogP contribution in [0.4, 0.5) is 23.7 Å². The van der Waals surface area contributed by atoms with Crippen molar-refractivity contribution in [1.29, 1.82) is 0 Å². The van der Waals surface area contributed by atoms with E-state index in [1.165, 1.54) is 35.4 Å². The van der Waals surface area contributed by atoms with E-state index < -0.39 is 12.4 Å². The number of carbonyl (C=O) groups excluding carboxylic acids is 1. The first-order valence-corrected chi connectivity index (χ1v) is 7.45. The fraction of sp³-hybridized carbons (Fsp3) is 0.118. The summed E-state index contributed by atoms with van der Waals surface area (Å²) >= 11 is 0. The van der Waals surface area contributed by atoms with Crippen LogP contribution in [0.15, 0.2) is 54.7 Å². The molecule has 0 saturated heterocycles. The summed E-state index contributed by atoms with van der Waals surface area (Å²) in [5.41, 5.74) is 7.20. The van der Waals surface area contributed by atoms with E-state index in [1.54, 1.807) is 24.3 Å². The first-order valence-electron chi connectivity index (χ1n) is 7.45. The van der Waals surface area contributed by atoms with Crippen molar-refractivity contribution in [2.75, 3.05) is 4.90 Å². The quantitative estimate of drug-likeness (QED) is 0.769. The average molecular weight is 362 g/mol. The van der Waals surface area contributed by atoms with E-state index in [1.807, 2.05) is 0 Å². The number of hydrogen-bond donors (Lipinski definition) is 1. The fourth-order valence-electron chi connectivity index (χ4n) is 2.50. The molecular formula is C17H13F3N4O2. The molecule has 0 saturated carbocycles. The summed E-state index contributed by atoms with van der Waals surface area (Å²) in [6, 6.07) is 11.4. The summed E-state index contributed by atoms with van der Waals surface area (Å²) in [5, 5.41) is 8.45. The number of alkyl halides is 3. The van der Waals surface area contributed by atoms with E-state index in [9.17, 15) is 18.0 Å². The van der Waals surface area contributed by atoms with Crippen LogP contribution in [0.1, 0.15) is 5.56 Å². The van der Waals surface area contributed by atoms with Crippen LogP contribution in [0.25, 0.3) is 10.9 Å². The summed E-state index contributed by atoms with van der Waals surface area (Å²) in [5.74, 6) is -0.340. The predicted molar refractivity (Wildman–Crippen MR) is 88.4 cm³/mol. The molecule has 1 aromatic heterocycles. The van der Waals surface area contributed by atoms with Gasteiger partial charge in [0.2, 0.25) is 0 Å². The van der Waals surface area contributed by atoms with Gasteiger partial charge < -0.3 is 10.5 Å². The summed E-state index contributed by atoms with van der Waals surface area (Å²) in [6.07, 6.45) is -3.26. The minimum absolute atomic E-state index is 0.0725. The molecule has 0 atom stereocenters. The maximum Gasteiger partial charge on any atom is 0.573 e. The Morgan fingerprint density at radius 3 is 2.50 bits per heavy atom. The van der Waals surface area contributed by atoms with Gasteiger partial charge in [0.25, 0.3) is 0 Å². The van der Waals surface area contributed by atoms with Crippen molar-refractivity contribution in [3.63, 3.8) is 0 Å². The van der Waals surface area contributed by atoms with Gasteiger partial charge in [0.05, 0.1) is 23.9 Å². The number of ether oxygens (including phenoxy) is 1. The van der Waals surface area contributed by atoms with Crippen molar-refractivity contribution in [2.24, 2.45) is 5.73 Å². The van der Waals surface area contributed by atoms with Crippen LogP contribution >= 0.6 is 0 Å². The second kappa shape index (κ2) is 6.87. The summed E-state index contributed by atoms with van der Waals surface area (Å²) in [6.45, 7) is 0.0725. The number of anilines is 1. The maximum absolute atomic E-state index is 12.2. The third-order valence-corrected chi connectivity index (χ3v) is 3.59. The monoisotopic (exact) mass is 362 g/mol. The van der Waals surface area contributed by atoms with Gasteiger partial charge in [-0.05, 0) is 35.9 Å². The molecular weight excluding hydrogens is 349 g/mol. The lowest BCUT2D eigenvalue weighted by Gasteiger charge is -2.22. The van der Waals surface area contributed by atoms with Gasteiger partial charge in [-0.2, -0.15) is 10.2 Å². The van der Waals surface area contributed by atoms with Crippen LogP contribution in [0.5, 0.6) is 5.75 Å². The number of amides is 2. The van der Waals surface area contributed by atoms with E-state index in [2.05, 4.69) is 14.9 Å². The molecule has 3 aromatic rings. The van der Waals surface area contributed by atoms with E-state index >= 15 is 0 Å². The van der Waals surface area contributed by atoms with Crippen LogP contribution in [-0.4, -0.2) is 22.6 Å². The normalized spacial score (nSPS) is 11.3. The number of fused-ring (bicyclic) bond motifs is 1. The molecule has 0 bridgehead atoms. The zero-order valence-corrected chi connectivity index (χ0v) is 13.3. The molecule has 3 rings (SSSR count). The number of nitrogens with zero attached hydrogens (tertiary/aromatic N) is 3. The molecule has 0 fully saturated rings. The Bertz CT molecular complexity index is 924. The Morgan fingerprint density at radius 2 is 1.85 bits per heavy atom. The highest BCUT2D eigenvalue weighted by Gasteiger charge is 2.31. The first kappa shape index (κ1) is 17.5. The molecule has 0 radical (unpaired) electrons. The number of halogens is 3. The van der Waals surface area contributed by atoms with Gasteiger partial charge in [0, 0.05) is 5.39 Å². The summed E-state index contributed by atoms with van der Waals surface area (Å²) in [4.78, 5) is 13.3. The van der Waals surface area contributed by atoms with Crippen LogP contribution < -0.4 is 15.4 Å². The van der Waals surface area contributed by atoms with Gasteiger partial charge >= 0.3 is 12.4 Å². The number of nitrogens with two attached hydrogens (primary N) is 1. The highest BCUT2D eigenvalue weighted by molar-refractivity contribution is 6.01. The Labute approximate surface area is 146 Å². The van der Waals surface area contributed by atoms with Crippen molar-refractivity contribution in [1.82, 2.24) is 10.2 Å². The minimum atomic E-state index is -4.76. The average Bonchev–Trinajstić information content (AvgIpc) is 2.59. The Kier molecular flexibility index (Phi) is 4.61. The maximum atomic E-state index is 12.2. The molecule has 0 spiro atoms. The van der Waals surface area contributed by atoms with Crippen LogP contribution in [0, 0.1) is 0 Å². The number of primary amides is 1. The molecule has 0 aliphatic carbocycles. The van der Waals surface area contributed by atoms with Crippen LogP contribution in [0.3, 0.4) is 0 Å². The van der Waals surface area contributed by atoms with Crippen molar-refractivity contribution < 1.29 is 22.7 Å². The molecule has 1 heterocycles. The summed E-state index contributed by atoms with van der Waals surface area (Å²) < 4.78 is 40.5. The third-order valence-electron chi connectivity index (χ3n) is 3.59. The second-order valence-corrected chi connectivity index (χ2v) is 5.36. The molecule has 0 aliphatic rings. The fourth-order valence-corrected chi connectivity index (χ4v) is 2.50. The number of urea groups is 1. The van der Waals surface area contributed by atoms with Crippen molar-refractivity contribution in [2.45, 2.75) is 12.9 Å². The van der Waals surface area contributed by atoms with Gasteiger partial charge in [-0.1, -0.05) is 18.2 Å². The van der Waals surface area contributed by atoms with Crippen molar-refractivity contribution in [3.8, 4) is 5.75 Å². The van der Waals surface area contributed by atoms with Crippen molar-refractivity contribution >= 4 is 22.6 Å². The third kappa shape index (κ3) is 4.00. The predicted octanol–water partition coefficient (Wildman–Crippen LogP) is 3.61. The number of rotatable bonds is 4. The highest BCUT2D eigenvalue weighted by atomic mass is 19.4. The smallest absolute Gasteiger partial charge is 0.406 e. The first-order chi connectivity index (χ1) is 12.3. The lowest BCUT2D eigenvalue weighted by atomic mass is 10.1. The van der Waals surface area contributed by atoms with Gasteiger partial charge in [-0.15, -0.1) is 13.2 Å². The van der Waals surface area contributed by atoms with E-state index in [4.69, 9.17) is 5.73 Å². The SMILES string of the molecule is NC(=O)N(Cc1ccc(OC(F)(F)F)cc1)c1cccc2nnccc12. The van der Waals surface area contributed by atoms with E-state index in [-0.39, 0.29) is 12.3 Å². The van der Waals surface area contributed by atoms with Crippen molar-refractivity contribution in [3.05, 3.63) is 60.3 Å². The number of carbonyl (C=O) groups is 1. The van der Waals surface area contributed by atoms with Crippen LogP contribution in [0.2, 0.25) is 0 Å². The second-order valence-electron chi connectivity index (χ2n) is 5.36. The number of aromatic nitrogens is 2. The lowest BCUT2D eigenvalue weighted by molar-refractivity contribution is -0.274. The van der Waals surface area contributed by atoms with Gasteiger partial charge in [0.15, 0.2) is 0 Å². The molecule has 2 N–H and O–H groups in total. The molecule has 9 heteroatoms. The molecule has 0 aliphatic heterocycles. The number of hydrogen-bond acceptors (Lipinski definition) is 4. The minimum Gasteiger partial charge on any atom is -0.406 e. The number of benzene rings is 2. The molecule has 26 heavy (non-hydrogen) atoms. The molecule has 2 amide bonds. The zero-order valence-electron chi connectivity index (χ0n) is 13.3. The largest absolute Gasteiger partial charge is 0.573 e. The standard InChI is InChI=1S/C17H13F3N4O2/c18-17(19,20)26-12-6-4-11(5-7-12)10-24(16(21)25)15-3-1-2-14-13(15)8-9-22-23-14/h1-9H,10H2,(H2,21,25). The zero-order chi connectivity index (χ0) is 18.7. The van der Waals surface area contributed by atoms with Gasteiger partial charge in [-0.3, -0.25) is 4.90 Å². The summed E-state index contributed by atoms with van der Waals surface area (Å²) in [7, 11) is 0. The Hall–Kier alpha value is -3.36. The Morgan fingerprint density at radius 1 is 1.12 bits per heavy atom. The molecule has 2 aromatic carbocycles. The van der Waals surface area contributed by atoms with Gasteiger partial charge in [-0.25, -0.2) is 4.79 Å². The topological polar surface area (TPSA) is 81.3 Å². The molecule has 134 valence electrons. The van der Waals surface area contributed by atoms with Gasteiger partial charge in [0.1, 0.15) is 5.75 Å². The molecule has 6 nitrogen and oxygen atoms in total. The Balaban J connectivity index is 1.89. The lowest BCUT2D eigenvalue weighted by Crippen LogP contribution is -2.35. The van der Waals surface area contributed by atoms with E-state index in [0.717, 1.165) is 0 Å². The highest BCUT2D eigenvalue weighted by Crippen LogP contribution is 2.27.